The summed E-state index contributed by atoms with van der Waals surface area (Å²) in [6.07, 6.45) is 0.821. The molecule has 11 heteroatoms. The van der Waals surface area contributed by atoms with Crippen LogP contribution in [0.4, 0.5) is 13.2 Å². The number of fused-ring (bicyclic) bond motifs is 6. The van der Waals surface area contributed by atoms with Crippen LogP contribution < -0.4 is 4.18 Å². The average molecular weight is 476 g/mol. The van der Waals surface area contributed by atoms with Crippen molar-refractivity contribution in [2.24, 2.45) is 0 Å². The van der Waals surface area contributed by atoms with E-state index in [1.165, 1.54) is 12.1 Å². The van der Waals surface area contributed by atoms with Gasteiger partial charge in [0, 0.05) is 40.8 Å². The van der Waals surface area contributed by atoms with Gasteiger partial charge in [-0.2, -0.15) is 26.9 Å². The first kappa shape index (κ1) is 21.5. The molecule has 170 valence electrons. The highest BCUT2D eigenvalue weighted by molar-refractivity contribution is 7.88. The number of aromatic nitrogens is 1. The number of carbonyl (C=O) groups excluding carboxylic acids is 1. The zero-order chi connectivity index (χ0) is 23.6. The Hall–Kier alpha value is -3.36. The molecular formula is C22H15F3N2O5S. The molecule has 0 saturated carbocycles. The second kappa shape index (κ2) is 7.07. The lowest BCUT2D eigenvalue weighted by Crippen LogP contribution is -2.40. The Morgan fingerprint density at radius 3 is 2.52 bits per heavy atom. The van der Waals surface area contributed by atoms with Gasteiger partial charge in [0.25, 0.3) is 0 Å². The van der Waals surface area contributed by atoms with Gasteiger partial charge < -0.3 is 13.9 Å². The van der Waals surface area contributed by atoms with E-state index < -0.39 is 26.8 Å². The van der Waals surface area contributed by atoms with Gasteiger partial charge in [-0.25, -0.2) is 0 Å². The summed E-state index contributed by atoms with van der Waals surface area (Å²) in [6, 6.07) is 10.5. The summed E-state index contributed by atoms with van der Waals surface area (Å²) >= 11 is 0. The largest absolute Gasteiger partial charge is 0.534 e. The maximum atomic E-state index is 13.5. The first-order valence-electron chi connectivity index (χ1n) is 9.91. The fraction of sp³-hybridized carbons (Fsp3) is 0.273. The van der Waals surface area contributed by atoms with Crippen LogP contribution in [0.15, 0.2) is 36.4 Å². The number of benzene rings is 2. The molecule has 7 nitrogen and oxygen atoms in total. The van der Waals surface area contributed by atoms with Crippen molar-refractivity contribution in [3.63, 3.8) is 0 Å². The zero-order valence-electron chi connectivity index (χ0n) is 16.8. The number of alkyl halides is 3. The highest BCUT2D eigenvalue weighted by atomic mass is 32.2. The number of nitrogens with zero attached hydrogens (tertiary/aromatic N) is 1. The van der Waals surface area contributed by atoms with Gasteiger partial charge in [-0.1, -0.05) is 6.07 Å². The number of nitrogens with one attached hydrogen (secondary N) is 1. The summed E-state index contributed by atoms with van der Waals surface area (Å²) in [4.78, 5) is 16.7. The van der Waals surface area contributed by atoms with Crippen LogP contribution in [0.2, 0.25) is 0 Å². The van der Waals surface area contributed by atoms with E-state index in [4.69, 9.17) is 4.74 Å². The molecule has 3 aromatic rings. The van der Waals surface area contributed by atoms with Crippen molar-refractivity contribution in [1.29, 1.82) is 5.26 Å². The second-order valence-corrected chi connectivity index (χ2v) is 9.50. The van der Waals surface area contributed by atoms with Crippen molar-refractivity contribution in [3.8, 4) is 11.8 Å². The van der Waals surface area contributed by atoms with E-state index in [2.05, 4.69) is 9.17 Å². The van der Waals surface area contributed by atoms with Gasteiger partial charge in [0.2, 0.25) is 0 Å². The van der Waals surface area contributed by atoms with Gasteiger partial charge >= 0.3 is 15.6 Å². The van der Waals surface area contributed by atoms with Gasteiger partial charge in [-0.3, -0.25) is 4.79 Å². The molecule has 2 heterocycles. The fourth-order valence-electron chi connectivity index (χ4n) is 4.71. The number of rotatable bonds is 2. The van der Waals surface area contributed by atoms with Gasteiger partial charge in [-0.05, 0) is 48.7 Å². The molecule has 1 fully saturated rings. The van der Waals surface area contributed by atoms with E-state index >= 15 is 0 Å². The maximum absolute atomic E-state index is 13.5. The van der Waals surface area contributed by atoms with Crippen molar-refractivity contribution < 1.29 is 35.3 Å². The van der Waals surface area contributed by atoms with E-state index in [9.17, 15) is 31.6 Å². The van der Waals surface area contributed by atoms with Crippen LogP contribution in [0.1, 0.15) is 45.6 Å². The molecule has 1 N–H and O–H groups in total. The number of H-pyrrole nitrogens is 1. The number of ether oxygens (including phenoxy) is 1. The molecule has 1 aromatic heterocycles. The number of hydrogen-bond acceptors (Lipinski definition) is 6. The molecule has 1 aliphatic heterocycles. The Kier molecular flexibility index (Phi) is 4.60. The van der Waals surface area contributed by atoms with Crippen LogP contribution in [-0.4, -0.2) is 37.9 Å². The lowest BCUT2D eigenvalue weighted by molar-refractivity contribution is -0.0500. The van der Waals surface area contributed by atoms with Crippen molar-refractivity contribution >= 4 is 26.8 Å². The van der Waals surface area contributed by atoms with E-state index in [0.29, 0.717) is 59.3 Å². The summed E-state index contributed by atoms with van der Waals surface area (Å²) in [5.74, 6) is -0.880. The van der Waals surface area contributed by atoms with Gasteiger partial charge in [0.05, 0.1) is 17.2 Å². The Labute approximate surface area is 185 Å². The Balaban J connectivity index is 1.73. The minimum atomic E-state index is -5.87. The smallest absolute Gasteiger partial charge is 0.381 e. The monoisotopic (exact) mass is 476 g/mol. The SMILES string of the molecule is N#Cc1ccc2c3c([nH]c2c1)C1(CCOCC1)c1cc(OS(=O)(=O)C(F)(F)F)ccc1C3=O. The molecule has 1 aliphatic carbocycles. The molecular weight excluding hydrogens is 461 g/mol. The highest BCUT2D eigenvalue weighted by Gasteiger charge is 2.50. The third kappa shape index (κ3) is 3.13. The summed E-state index contributed by atoms with van der Waals surface area (Å²) < 4.78 is 71.4. The van der Waals surface area contributed by atoms with Crippen LogP contribution in [0.3, 0.4) is 0 Å². The third-order valence-corrected chi connectivity index (χ3v) is 7.20. The van der Waals surface area contributed by atoms with Crippen LogP contribution in [0.5, 0.6) is 5.75 Å². The van der Waals surface area contributed by atoms with E-state index in [1.54, 1.807) is 18.2 Å². The van der Waals surface area contributed by atoms with E-state index in [-0.39, 0.29) is 11.3 Å². The number of aromatic amines is 1. The van der Waals surface area contributed by atoms with Crippen LogP contribution in [0.25, 0.3) is 10.9 Å². The Morgan fingerprint density at radius 2 is 1.85 bits per heavy atom. The van der Waals surface area contributed by atoms with Crippen molar-refractivity contribution in [2.45, 2.75) is 23.8 Å². The lowest BCUT2D eigenvalue weighted by atomic mass is 9.64. The summed E-state index contributed by atoms with van der Waals surface area (Å²) in [7, 11) is -5.87. The zero-order valence-corrected chi connectivity index (χ0v) is 17.6. The van der Waals surface area contributed by atoms with Gasteiger partial charge in [0.15, 0.2) is 5.78 Å². The van der Waals surface area contributed by atoms with Crippen LogP contribution in [-0.2, 0) is 20.3 Å². The predicted molar refractivity (Wildman–Crippen MR) is 109 cm³/mol. The topological polar surface area (TPSA) is 109 Å². The first-order valence-corrected chi connectivity index (χ1v) is 11.3. The highest BCUT2D eigenvalue weighted by Crippen LogP contribution is 2.50. The molecule has 0 bridgehead atoms. The van der Waals surface area contributed by atoms with Gasteiger partial charge in [-0.15, -0.1) is 0 Å². The Morgan fingerprint density at radius 1 is 1.12 bits per heavy atom. The van der Waals surface area contributed by atoms with E-state index in [0.717, 1.165) is 6.07 Å². The maximum Gasteiger partial charge on any atom is 0.534 e. The number of nitriles is 1. The number of ketones is 1. The predicted octanol–water partition coefficient (Wildman–Crippen LogP) is 3.91. The molecule has 1 saturated heterocycles. The molecule has 0 amide bonds. The minimum absolute atomic E-state index is 0.256. The first-order chi connectivity index (χ1) is 15.6. The molecule has 33 heavy (non-hydrogen) atoms. The lowest BCUT2D eigenvalue weighted by Gasteiger charge is -2.41. The molecule has 1 spiro atoms. The van der Waals surface area contributed by atoms with Crippen LogP contribution in [0, 0.1) is 11.3 Å². The van der Waals surface area contributed by atoms with Crippen LogP contribution >= 0.6 is 0 Å². The molecule has 5 rings (SSSR count). The molecule has 0 unspecified atom stereocenters. The second-order valence-electron chi connectivity index (χ2n) is 7.96. The van der Waals surface area contributed by atoms with Gasteiger partial charge in [0.1, 0.15) is 5.75 Å². The quantitative estimate of drug-likeness (QED) is 0.444. The molecule has 0 atom stereocenters. The minimum Gasteiger partial charge on any atom is -0.381 e. The summed E-state index contributed by atoms with van der Waals surface area (Å²) in [6.45, 7) is 0.662. The fourth-order valence-corrected chi connectivity index (χ4v) is 5.16. The average Bonchev–Trinajstić information content (AvgIpc) is 3.17. The molecule has 0 radical (unpaired) electrons. The number of carbonyl (C=O) groups is 1. The Bertz CT molecular complexity index is 1460. The number of hydrogen-bond donors (Lipinski definition) is 1. The molecule has 2 aromatic carbocycles. The van der Waals surface area contributed by atoms with Crippen molar-refractivity contribution in [2.75, 3.05) is 13.2 Å². The normalized spacial score (nSPS) is 17.5. The number of halogens is 3. The summed E-state index contributed by atoms with van der Waals surface area (Å²) in [5.41, 5.74) is -3.79. The standard InChI is InChI=1S/C22H15F3N2O5S/c23-22(24,25)33(29,30)32-13-2-4-14-16(10-13)21(5-7-31-8-6-21)20-18(19(14)28)15-3-1-12(11-26)9-17(15)27-20/h1-4,9-10,27H,5-8H2. The third-order valence-electron chi connectivity index (χ3n) is 6.22. The van der Waals surface area contributed by atoms with E-state index in [1.807, 2.05) is 6.07 Å². The molecule has 2 aliphatic rings. The summed E-state index contributed by atoms with van der Waals surface area (Å²) in [5, 5.41) is 9.86. The van der Waals surface area contributed by atoms with Crippen molar-refractivity contribution in [1.82, 2.24) is 4.98 Å². The van der Waals surface area contributed by atoms with Crippen molar-refractivity contribution in [3.05, 3.63) is 64.3 Å².